The fourth-order valence-corrected chi connectivity index (χ4v) is 4.14. The average Bonchev–Trinajstić information content (AvgIpc) is 2.71. The number of rotatable bonds is 10. The van der Waals surface area contributed by atoms with Gasteiger partial charge in [0.05, 0.1) is 31.4 Å². The fourth-order valence-electron chi connectivity index (χ4n) is 3.97. The van der Waals surface area contributed by atoms with Crippen LogP contribution in [-0.4, -0.2) is 60.1 Å². The van der Waals surface area contributed by atoms with Crippen LogP contribution in [-0.2, 0) is 0 Å². The van der Waals surface area contributed by atoms with Crippen LogP contribution in [0.4, 0.5) is 0 Å². The van der Waals surface area contributed by atoms with Gasteiger partial charge in [-0.25, -0.2) is 4.98 Å². The van der Waals surface area contributed by atoms with Crippen molar-refractivity contribution in [3.05, 3.63) is 47.0 Å². The summed E-state index contributed by atoms with van der Waals surface area (Å²) in [7, 11) is 1.68. The number of halogens is 1. The first kappa shape index (κ1) is 21.8. The van der Waals surface area contributed by atoms with Gasteiger partial charge in [-0.05, 0) is 61.2 Å². The zero-order valence-corrected chi connectivity index (χ0v) is 17.8. The molecule has 0 amide bonds. The molecule has 2 aromatic carbocycles. The summed E-state index contributed by atoms with van der Waals surface area (Å²) in [4.78, 5) is 6.91. The van der Waals surface area contributed by atoms with Gasteiger partial charge in [0, 0.05) is 28.9 Å². The van der Waals surface area contributed by atoms with Crippen molar-refractivity contribution in [3.8, 4) is 5.75 Å². The van der Waals surface area contributed by atoms with Gasteiger partial charge in [0.25, 0.3) is 0 Å². The highest BCUT2D eigenvalue weighted by atomic mass is 35.5. The van der Waals surface area contributed by atoms with E-state index in [4.69, 9.17) is 21.3 Å². The molecule has 0 aliphatic heterocycles. The zero-order valence-electron chi connectivity index (χ0n) is 17.1. The molecule has 2 N–H and O–H groups in total. The van der Waals surface area contributed by atoms with Gasteiger partial charge in [-0.15, -0.1) is 0 Å². The summed E-state index contributed by atoms with van der Waals surface area (Å²) >= 11 is 6.22. The van der Waals surface area contributed by atoms with E-state index in [9.17, 15) is 10.2 Å². The number of aromatic nitrogens is 1. The lowest BCUT2D eigenvalue weighted by Gasteiger charge is -2.22. The molecule has 0 radical (unpaired) electrons. The van der Waals surface area contributed by atoms with Crippen LogP contribution in [0.3, 0.4) is 0 Å². The fraction of sp³-hybridized carbons (Fsp3) is 0.435. The molecule has 0 saturated carbocycles. The van der Waals surface area contributed by atoms with Gasteiger partial charge in [-0.1, -0.05) is 24.6 Å². The summed E-state index contributed by atoms with van der Waals surface area (Å²) in [6.45, 7) is 4.48. The molecule has 3 rings (SSSR count). The molecule has 0 aliphatic carbocycles. The highest BCUT2D eigenvalue weighted by molar-refractivity contribution is 6.31. The molecule has 0 fully saturated rings. The Morgan fingerprint density at radius 2 is 1.76 bits per heavy atom. The van der Waals surface area contributed by atoms with Gasteiger partial charge >= 0.3 is 0 Å². The van der Waals surface area contributed by atoms with Crippen molar-refractivity contribution in [2.75, 3.05) is 40.0 Å². The standard InChI is InChI=1S/C23H29ClN2O3/c1-16(4-3-9-26(10-12-27)11-13-28)23-19-7-5-17(24)14-22(19)25-21-8-6-18(29-2)15-20(21)23/h5-8,14-16,27-28H,3-4,9-13H2,1-2H3. The minimum atomic E-state index is 0.107. The van der Waals surface area contributed by atoms with Crippen molar-refractivity contribution < 1.29 is 14.9 Å². The normalized spacial score (nSPS) is 12.8. The molecule has 6 heteroatoms. The number of aliphatic hydroxyl groups is 2. The van der Waals surface area contributed by atoms with Crippen molar-refractivity contribution in [1.82, 2.24) is 9.88 Å². The van der Waals surface area contributed by atoms with Crippen molar-refractivity contribution in [2.45, 2.75) is 25.7 Å². The molecule has 29 heavy (non-hydrogen) atoms. The summed E-state index contributed by atoms with van der Waals surface area (Å²) in [6.07, 6.45) is 1.96. The third-order valence-corrected chi connectivity index (χ3v) is 5.66. The van der Waals surface area contributed by atoms with Crippen molar-refractivity contribution in [2.24, 2.45) is 0 Å². The number of pyridine rings is 1. The number of methoxy groups -OCH3 is 1. The lowest BCUT2D eigenvalue weighted by molar-refractivity contribution is 0.159. The molecule has 1 atom stereocenters. The largest absolute Gasteiger partial charge is 0.497 e. The summed E-state index contributed by atoms with van der Waals surface area (Å²) in [6, 6.07) is 11.9. The summed E-state index contributed by atoms with van der Waals surface area (Å²) in [5, 5.41) is 21.3. The predicted molar refractivity (Wildman–Crippen MR) is 119 cm³/mol. The van der Waals surface area contributed by atoms with Crippen molar-refractivity contribution in [1.29, 1.82) is 0 Å². The van der Waals surface area contributed by atoms with Crippen LogP contribution in [0, 0.1) is 0 Å². The lowest BCUT2D eigenvalue weighted by Crippen LogP contribution is -2.31. The SMILES string of the molecule is COc1ccc2nc3cc(Cl)ccc3c(C(C)CCCN(CCO)CCO)c2c1. The average molecular weight is 417 g/mol. The number of ether oxygens (including phenoxy) is 1. The highest BCUT2D eigenvalue weighted by Gasteiger charge is 2.17. The minimum absolute atomic E-state index is 0.107. The molecular formula is C23H29ClN2O3. The third kappa shape index (κ3) is 5.17. The molecule has 1 aromatic heterocycles. The van der Waals surface area contributed by atoms with E-state index >= 15 is 0 Å². The van der Waals surface area contributed by atoms with Crippen LogP contribution < -0.4 is 4.74 Å². The molecular weight excluding hydrogens is 388 g/mol. The van der Waals surface area contributed by atoms with Gasteiger partial charge in [0.1, 0.15) is 5.75 Å². The van der Waals surface area contributed by atoms with Crippen LogP contribution in [0.2, 0.25) is 5.02 Å². The summed E-state index contributed by atoms with van der Waals surface area (Å²) in [5.41, 5.74) is 3.10. The van der Waals surface area contributed by atoms with E-state index in [0.29, 0.717) is 24.0 Å². The first-order chi connectivity index (χ1) is 14.1. The second-order valence-corrected chi connectivity index (χ2v) is 7.84. The third-order valence-electron chi connectivity index (χ3n) is 5.42. The van der Waals surface area contributed by atoms with Crippen LogP contribution >= 0.6 is 11.6 Å². The zero-order chi connectivity index (χ0) is 20.8. The maximum absolute atomic E-state index is 9.21. The Labute approximate surface area is 176 Å². The molecule has 5 nitrogen and oxygen atoms in total. The lowest BCUT2D eigenvalue weighted by atomic mass is 9.89. The van der Waals surface area contributed by atoms with E-state index in [0.717, 1.165) is 46.9 Å². The molecule has 0 spiro atoms. The minimum Gasteiger partial charge on any atom is -0.497 e. The first-order valence-corrected chi connectivity index (χ1v) is 10.5. The molecule has 1 heterocycles. The molecule has 1 unspecified atom stereocenters. The number of hydrogen-bond donors (Lipinski definition) is 2. The summed E-state index contributed by atoms with van der Waals surface area (Å²) < 4.78 is 5.45. The van der Waals surface area contributed by atoms with E-state index in [2.05, 4.69) is 24.0 Å². The van der Waals surface area contributed by atoms with Crippen molar-refractivity contribution >= 4 is 33.4 Å². The number of nitrogens with zero attached hydrogens (tertiary/aromatic N) is 2. The number of aliphatic hydroxyl groups excluding tert-OH is 2. The Bertz CT molecular complexity index is 958. The second kappa shape index (κ2) is 10.2. The van der Waals surface area contributed by atoms with Crippen LogP contribution in [0.15, 0.2) is 36.4 Å². The number of hydrogen-bond acceptors (Lipinski definition) is 5. The Kier molecular flexibility index (Phi) is 7.67. The maximum Gasteiger partial charge on any atom is 0.119 e. The van der Waals surface area contributed by atoms with Crippen molar-refractivity contribution in [3.63, 3.8) is 0 Å². The Hall–Kier alpha value is -1.92. The van der Waals surface area contributed by atoms with E-state index in [1.807, 2.05) is 24.3 Å². The second-order valence-electron chi connectivity index (χ2n) is 7.40. The number of benzene rings is 2. The molecule has 0 saturated heterocycles. The van der Waals surface area contributed by atoms with Gasteiger partial charge in [0.2, 0.25) is 0 Å². The smallest absolute Gasteiger partial charge is 0.119 e. The molecule has 0 bridgehead atoms. The Morgan fingerprint density at radius 3 is 2.45 bits per heavy atom. The van der Waals surface area contributed by atoms with E-state index in [-0.39, 0.29) is 13.2 Å². The quantitative estimate of drug-likeness (QED) is 0.484. The van der Waals surface area contributed by atoms with E-state index < -0.39 is 0 Å². The van der Waals surface area contributed by atoms with Crippen LogP contribution in [0.5, 0.6) is 5.75 Å². The van der Waals surface area contributed by atoms with Gasteiger partial charge in [-0.3, -0.25) is 4.90 Å². The first-order valence-electron chi connectivity index (χ1n) is 10.1. The van der Waals surface area contributed by atoms with Gasteiger partial charge in [0.15, 0.2) is 0 Å². The topological polar surface area (TPSA) is 65.8 Å². The molecule has 3 aromatic rings. The monoisotopic (exact) mass is 416 g/mol. The Balaban J connectivity index is 1.94. The van der Waals surface area contributed by atoms with E-state index in [1.54, 1.807) is 7.11 Å². The van der Waals surface area contributed by atoms with E-state index in [1.165, 1.54) is 5.56 Å². The Morgan fingerprint density at radius 1 is 1.00 bits per heavy atom. The summed E-state index contributed by atoms with van der Waals surface area (Å²) in [5.74, 6) is 1.12. The molecule has 0 aliphatic rings. The highest BCUT2D eigenvalue weighted by Crippen LogP contribution is 2.36. The van der Waals surface area contributed by atoms with Crippen LogP contribution in [0.25, 0.3) is 21.8 Å². The van der Waals surface area contributed by atoms with Gasteiger partial charge < -0.3 is 14.9 Å². The maximum atomic E-state index is 9.21. The van der Waals surface area contributed by atoms with Crippen LogP contribution in [0.1, 0.15) is 31.2 Å². The molecule has 156 valence electrons. The number of fused-ring (bicyclic) bond motifs is 2. The van der Waals surface area contributed by atoms with Gasteiger partial charge in [-0.2, -0.15) is 0 Å². The predicted octanol–water partition coefficient (Wildman–Crippen LogP) is 4.22.